The summed E-state index contributed by atoms with van der Waals surface area (Å²) < 4.78 is 1.42. The lowest BCUT2D eigenvalue weighted by Gasteiger charge is -2.06. The van der Waals surface area contributed by atoms with Gasteiger partial charge in [0.1, 0.15) is 0 Å². The minimum atomic E-state index is -0.229. The highest BCUT2D eigenvalue weighted by molar-refractivity contribution is 9.23. The maximum atomic E-state index is 4.15. The van der Waals surface area contributed by atoms with Crippen molar-refractivity contribution < 1.29 is 0 Å². The predicted molar refractivity (Wildman–Crippen MR) is 75.3 cm³/mol. The number of hydrogen-bond acceptors (Lipinski definition) is 0. The molecule has 0 spiro atoms. The molecule has 0 nitrogen and oxygen atoms in total. The van der Waals surface area contributed by atoms with E-state index >= 15 is 0 Å². The number of halogens is 1. The Hall–Kier alpha value is -0.574. The molecule has 0 radical (unpaired) electrons. The van der Waals surface area contributed by atoms with Gasteiger partial charge >= 0.3 is 18.2 Å². The summed E-state index contributed by atoms with van der Waals surface area (Å²) in [6, 6.07) is 19.0. The zero-order valence-corrected chi connectivity index (χ0v) is 12.0. The summed E-state index contributed by atoms with van der Waals surface area (Å²) in [5.74, 6) is 0. The van der Waals surface area contributed by atoms with Gasteiger partial charge in [-0.3, -0.25) is 12.9 Å². The quantitative estimate of drug-likeness (QED) is 0.758. The molecule has 0 aliphatic heterocycles. The maximum absolute atomic E-state index is 4.15. The summed E-state index contributed by atoms with van der Waals surface area (Å²) in [7, 11) is 0. The van der Waals surface area contributed by atoms with Crippen LogP contribution in [0.2, 0.25) is 0 Å². The predicted octanol–water partition coefficient (Wildman–Crippen LogP) is 3.39. The largest absolute Gasteiger partial charge is 0.506 e. The molecule has 16 heavy (non-hydrogen) atoms. The van der Waals surface area contributed by atoms with Crippen molar-refractivity contribution in [1.29, 1.82) is 0 Å². The van der Waals surface area contributed by atoms with Crippen molar-refractivity contribution in [1.82, 2.24) is 0 Å². The van der Waals surface area contributed by atoms with Gasteiger partial charge in [-0.25, -0.2) is 0 Å². The summed E-state index contributed by atoms with van der Waals surface area (Å²) in [5.41, 5.74) is 3.47. The first-order valence-corrected chi connectivity index (χ1v) is 9.81. The monoisotopic (exact) mass is 282 g/mol. The van der Waals surface area contributed by atoms with Crippen LogP contribution >= 0.6 is 12.9 Å². The van der Waals surface area contributed by atoms with Crippen molar-refractivity contribution in [3.8, 4) is 0 Å². The van der Waals surface area contributed by atoms with E-state index in [1.54, 1.807) is 0 Å². The fraction of sp³-hybridized carbons (Fsp3) is 0. The molecule has 0 aliphatic carbocycles. The van der Waals surface area contributed by atoms with Gasteiger partial charge in [0.2, 0.25) is 0 Å². The van der Waals surface area contributed by atoms with Crippen molar-refractivity contribution in [3.63, 3.8) is 0 Å². The molecule has 0 unspecified atom stereocenters. The van der Waals surface area contributed by atoms with Gasteiger partial charge < -0.3 is 0 Å². The third-order valence-electron chi connectivity index (χ3n) is 2.58. The van der Waals surface area contributed by atoms with Gasteiger partial charge in [-0.15, -0.1) is 0 Å². The first-order chi connectivity index (χ1) is 7.81. The minimum Gasteiger partial charge on any atom is -0.296 e. The average molecular weight is 283 g/mol. The van der Waals surface area contributed by atoms with Crippen LogP contribution in [0.1, 0.15) is 11.1 Å². The zero-order valence-electron chi connectivity index (χ0n) is 8.99. The van der Waals surface area contributed by atoms with Crippen molar-refractivity contribution in [2.24, 2.45) is 0 Å². The Labute approximate surface area is 112 Å². The molecule has 0 N–H and O–H groups in total. The molecule has 0 saturated heterocycles. The highest BCUT2D eigenvalue weighted by Crippen LogP contribution is 2.20. The Balaban J connectivity index is 2.28. The molecule has 0 aromatic heterocycles. The molecule has 0 bridgehead atoms. The van der Waals surface area contributed by atoms with E-state index in [-0.39, 0.29) is 18.2 Å². The average Bonchev–Trinajstić information content (AvgIpc) is 2.39. The molecule has 2 heteroatoms. The van der Waals surface area contributed by atoms with Gasteiger partial charge in [-0.05, 0) is 16.7 Å². The molecule has 0 aliphatic rings. The molecular weight excluding hydrogens is 272 g/mol. The van der Waals surface area contributed by atoms with Gasteiger partial charge in [0.15, 0.2) is 0 Å². The van der Waals surface area contributed by atoms with Crippen LogP contribution < -0.4 is 3.69 Å². The third kappa shape index (κ3) is 2.76. The standard InChI is InChI=1S/C14H11.BrH.Mg/c1-12(13-8-4-2-5-9-13)14-10-6-3-7-11-14;;/h2,4-11H,1H2;1H;/q;;+1/p-1. The SMILES string of the molecule is C=C(c1ccccc1)c1cc[c]([Mg][Br])cc1. The summed E-state index contributed by atoms with van der Waals surface area (Å²) in [5, 5.41) is 0. The van der Waals surface area contributed by atoms with Crippen molar-refractivity contribution in [2.75, 3.05) is 0 Å². The molecular formula is C14H11BrMg. The van der Waals surface area contributed by atoms with E-state index in [2.05, 4.69) is 55.9 Å². The lowest BCUT2D eigenvalue weighted by molar-refractivity contribution is 1.57. The van der Waals surface area contributed by atoms with E-state index in [0.29, 0.717) is 0 Å². The minimum absolute atomic E-state index is 0.229. The third-order valence-corrected chi connectivity index (χ3v) is 5.30. The van der Waals surface area contributed by atoms with E-state index in [1.165, 1.54) is 14.8 Å². The molecule has 76 valence electrons. The normalized spacial score (nSPS) is 9.56. The van der Waals surface area contributed by atoms with Crippen LogP contribution in [0, 0.1) is 0 Å². The maximum Gasteiger partial charge on any atom is 0.506 e. The Bertz CT molecular complexity index is 474. The number of hydrogen-bond donors (Lipinski definition) is 0. The van der Waals surface area contributed by atoms with Crippen molar-refractivity contribution >= 4 is 40.3 Å². The highest BCUT2D eigenvalue weighted by Gasteiger charge is 2.01. The Morgan fingerprint density at radius 2 is 1.44 bits per heavy atom. The van der Waals surface area contributed by atoms with Crippen LogP contribution in [0.15, 0.2) is 61.2 Å². The van der Waals surface area contributed by atoms with Crippen LogP contribution in [0.5, 0.6) is 0 Å². The topological polar surface area (TPSA) is 0 Å². The van der Waals surface area contributed by atoms with Gasteiger partial charge in [-0.1, -0.05) is 61.2 Å². The van der Waals surface area contributed by atoms with Crippen molar-refractivity contribution in [3.05, 3.63) is 72.3 Å². The molecule has 0 heterocycles. The van der Waals surface area contributed by atoms with Crippen molar-refractivity contribution in [2.45, 2.75) is 0 Å². The van der Waals surface area contributed by atoms with Crippen LogP contribution in [0.4, 0.5) is 0 Å². The molecule has 2 aromatic rings. The fourth-order valence-electron chi connectivity index (χ4n) is 1.60. The van der Waals surface area contributed by atoms with E-state index in [1.807, 2.05) is 18.2 Å². The summed E-state index contributed by atoms with van der Waals surface area (Å²) >= 11 is 3.35. The Kier molecular flexibility index (Phi) is 4.21. The Morgan fingerprint density at radius 1 is 0.875 bits per heavy atom. The molecule has 2 aromatic carbocycles. The molecule has 0 fully saturated rings. The second-order valence-electron chi connectivity index (χ2n) is 3.68. The van der Waals surface area contributed by atoms with Gasteiger partial charge in [0.05, 0.1) is 0 Å². The molecule has 0 atom stereocenters. The summed E-state index contributed by atoms with van der Waals surface area (Å²) in [6.07, 6.45) is 0. The van der Waals surface area contributed by atoms with E-state index in [9.17, 15) is 0 Å². The van der Waals surface area contributed by atoms with Gasteiger partial charge in [0, 0.05) is 0 Å². The molecule has 2 rings (SSSR count). The summed E-state index contributed by atoms with van der Waals surface area (Å²) in [6.45, 7) is 4.15. The van der Waals surface area contributed by atoms with E-state index in [4.69, 9.17) is 0 Å². The number of rotatable bonds is 3. The fourth-order valence-corrected chi connectivity index (χ4v) is 3.14. The summed E-state index contributed by atoms with van der Waals surface area (Å²) in [4.78, 5) is 0. The first kappa shape index (κ1) is 11.9. The number of benzene rings is 2. The van der Waals surface area contributed by atoms with Crippen LogP contribution in [0.25, 0.3) is 5.57 Å². The Morgan fingerprint density at radius 3 is 2.00 bits per heavy atom. The van der Waals surface area contributed by atoms with E-state index < -0.39 is 0 Å². The lowest BCUT2D eigenvalue weighted by Crippen LogP contribution is -2.06. The zero-order chi connectivity index (χ0) is 11.4. The molecule has 0 saturated carbocycles. The smallest absolute Gasteiger partial charge is 0.296 e. The second-order valence-corrected chi connectivity index (χ2v) is 6.44. The lowest BCUT2D eigenvalue weighted by atomic mass is 10.00. The first-order valence-electron chi connectivity index (χ1n) is 5.21. The molecule has 0 amide bonds. The van der Waals surface area contributed by atoms with E-state index in [0.717, 1.165) is 5.57 Å². The van der Waals surface area contributed by atoms with Gasteiger partial charge in [-0.2, -0.15) is 3.69 Å². The highest BCUT2D eigenvalue weighted by atomic mass is 79.9. The van der Waals surface area contributed by atoms with Crippen LogP contribution in [-0.4, -0.2) is 18.2 Å². The van der Waals surface area contributed by atoms with Gasteiger partial charge in [0.25, 0.3) is 0 Å². The van der Waals surface area contributed by atoms with Crippen LogP contribution in [-0.2, 0) is 0 Å². The second kappa shape index (κ2) is 5.66. The van der Waals surface area contributed by atoms with Crippen LogP contribution in [0.3, 0.4) is 0 Å².